The van der Waals surface area contributed by atoms with Crippen LogP contribution in [0.4, 0.5) is 4.79 Å². The Kier molecular flexibility index (Phi) is 4.00. The van der Waals surface area contributed by atoms with Gasteiger partial charge in [-0.1, -0.05) is 20.8 Å². The minimum atomic E-state index is -0.424. The van der Waals surface area contributed by atoms with Crippen molar-refractivity contribution in [2.45, 2.75) is 27.2 Å². The topological polar surface area (TPSA) is 46.2 Å². The Bertz CT molecular complexity index is 189. The van der Waals surface area contributed by atoms with E-state index in [1.807, 2.05) is 20.8 Å². The fraction of sp³-hybridized carbons (Fsp3) is 0.750. The third-order valence-electron chi connectivity index (χ3n) is 2.06. The summed E-state index contributed by atoms with van der Waals surface area (Å²) < 4.78 is 0. The lowest BCUT2D eigenvalue weighted by atomic mass is 9.61. The Morgan fingerprint density at radius 2 is 1.92 bits per heavy atom. The number of amides is 1. The maximum atomic E-state index is 11.3. The molecule has 1 amide bonds. The third-order valence-corrected chi connectivity index (χ3v) is 2.06. The van der Waals surface area contributed by atoms with Crippen LogP contribution < -0.4 is 5.32 Å². The zero-order valence-corrected chi connectivity index (χ0v) is 8.10. The van der Waals surface area contributed by atoms with Crippen molar-refractivity contribution < 1.29 is 9.59 Å². The summed E-state index contributed by atoms with van der Waals surface area (Å²) in [7, 11) is 2.62. The first-order valence-corrected chi connectivity index (χ1v) is 4.05. The summed E-state index contributed by atoms with van der Waals surface area (Å²) in [6, 6.07) is 0. The van der Waals surface area contributed by atoms with Crippen LogP contribution in [-0.4, -0.2) is 25.8 Å². The molecule has 3 nitrogen and oxygen atoms in total. The lowest BCUT2D eigenvalue weighted by Gasteiger charge is -2.19. The van der Waals surface area contributed by atoms with E-state index in [-0.39, 0.29) is 11.5 Å². The second kappa shape index (κ2) is 4.29. The third kappa shape index (κ3) is 3.07. The van der Waals surface area contributed by atoms with Crippen LogP contribution in [0.3, 0.4) is 0 Å². The van der Waals surface area contributed by atoms with E-state index in [9.17, 15) is 9.59 Å². The first-order valence-electron chi connectivity index (χ1n) is 4.05. The molecule has 0 bridgehead atoms. The van der Waals surface area contributed by atoms with E-state index in [0.29, 0.717) is 0 Å². The van der Waals surface area contributed by atoms with Crippen LogP contribution in [0.1, 0.15) is 27.2 Å². The molecule has 0 aliphatic heterocycles. The van der Waals surface area contributed by atoms with Crippen LogP contribution in [0.2, 0.25) is 0 Å². The van der Waals surface area contributed by atoms with Crippen molar-refractivity contribution >= 4 is 18.8 Å². The average Bonchev–Trinajstić information content (AvgIpc) is 2.04. The van der Waals surface area contributed by atoms with E-state index >= 15 is 0 Å². The van der Waals surface area contributed by atoms with Gasteiger partial charge in [0.25, 0.3) is 0 Å². The molecule has 0 saturated heterocycles. The van der Waals surface area contributed by atoms with Crippen molar-refractivity contribution in [3.8, 4) is 0 Å². The largest absolute Gasteiger partial charge is 0.368 e. The van der Waals surface area contributed by atoms with Crippen molar-refractivity contribution in [3.05, 3.63) is 0 Å². The Labute approximate surface area is 74.2 Å². The minimum Gasteiger partial charge on any atom is -0.368 e. The van der Waals surface area contributed by atoms with Crippen molar-refractivity contribution in [3.63, 3.8) is 0 Å². The molecule has 67 valence electrons. The molecule has 0 aromatic heterocycles. The summed E-state index contributed by atoms with van der Waals surface area (Å²) >= 11 is 0. The monoisotopic (exact) mass is 168 g/mol. The normalized spacial score (nSPS) is 10.7. The molecule has 0 heterocycles. The van der Waals surface area contributed by atoms with E-state index < -0.39 is 5.41 Å². The van der Waals surface area contributed by atoms with Crippen LogP contribution in [0.15, 0.2) is 0 Å². The highest BCUT2D eigenvalue weighted by atomic mass is 16.2. The second-order valence-corrected chi connectivity index (χ2v) is 3.36. The lowest BCUT2D eigenvalue weighted by Crippen LogP contribution is -2.36. The van der Waals surface area contributed by atoms with Gasteiger partial charge < -0.3 is 10.1 Å². The molecular formula is C8H15BNO2. The zero-order chi connectivity index (χ0) is 9.78. The Hall–Kier alpha value is -0.795. The summed E-state index contributed by atoms with van der Waals surface area (Å²) in [5.74, 6) is -0.332. The van der Waals surface area contributed by atoms with Gasteiger partial charge in [0.2, 0.25) is 0 Å². The maximum absolute atomic E-state index is 11.3. The fourth-order valence-electron chi connectivity index (χ4n) is 0.561. The highest BCUT2D eigenvalue weighted by molar-refractivity contribution is 6.97. The van der Waals surface area contributed by atoms with Crippen molar-refractivity contribution in [1.82, 2.24) is 5.32 Å². The predicted octanol–water partition coefficient (Wildman–Crippen LogP) is 0.993. The summed E-state index contributed by atoms with van der Waals surface area (Å²) in [6.45, 7) is 5.58. The van der Waals surface area contributed by atoms with Gasteiger partial charge in [0.15, 0.2) is 5.81 Å². The molecule has 0 aliphatic rings. The quantitative estimate of drug-likeness (QED) is 0.636. The van der Waals surface area contributed by atoms with Crippen LogP contribution in [0, 0.1) is 5.41 Å². The molecule has 12 heavy (non-hydrogen) atoms. The van der Waals surface area contributed by atoms with E-state index in [0.717, 1.165) is 13.7 Å². The van der Waals surface area contributed by atoms with E-state index in [4.69, 9.17) is 0 Å². The molecule has 0 aromatic rings. The summed E-state index contributed by atoms with van der Waals surface area (Å²) in [4.78, 5) is 22.1. The average molecular weight is 168 g/mol. The van der Waals surface area contributed by atoms with Crippen molar-refractivity contribution in [1.29, 1.82) is 0 Å². The smallest absolute Gasteiger partial charge is 0.321 e. The summed E-state index contributed by atoms with van der Waals surface area (Å²) in [5, 5.41) is 2.38. The van der Waals surface area contributed by atoms with Crippen molar-refractivity contribution in [2.75, 3.05) is 7.05 Å². The van der Waals surface area contributed by atoms with Crippen molar-refractivity contribution in [2.24, 2.45) is 5.41 Å². The highest BCUT2D eigenvalue weighted by Gasteiger charge is 2.27. The molecule has 0 spiro atoms. The first-order chi connectivity index (χ1) is 5.44. The molecule has 0 unspecified atom stereocenters. The molecule has 0 saturated carbocycles. The number of carbonyl (C=O) groups is 2. The van der Waals surface area contributed by atoms with Gasteiger partial charge >= 0.3 is 7.28 Å². The lowest BCUT2D eigenvalue weighted by molar-refractivity contribution is -0.119. The van der Waals surface area contributed by atoms with Crippen LogP contribution in [0.25, 0.3) is 0 Å². The van der Waals surface area contributed by atoms with Gasteiger partial charge in [0, 0.05) is 12.5 Å². The van der Waals surface area contributed by atoms with E-state index in [1.54, 1.807) is 0 Å². The Morgan fingerprint density at radius 1 is 1.42 bits per heavy atom. The summed E-state index contributed by atoms with van der Waals surface area (Å²) in [5.41, 5.74) is -0.545. The van der Waals surface area contributed by atoms with E-state index in [1.165, 1.54) is 7.05 Å². The van der Waals surface area contributed by atoms with Gasteiger partial charge in [0.1, 0.15) is 5.68 Å². The standard InChI is InChI=1S/C8H15BNO2/c1-5-8(2,3)6(11)9-7(12)10-4/h5H2,1-4H3,(H,10,12). The number of carbonyl (C=O) groups excluding carboxylic acids is 2. The van der Waals surface area contributed by atoms with Gasteiger partial charge in [-0.15, -0.1) is 0 Å². The molecule has 0 aliphatic carbocycles. The molecule has 0 aromatic carbocycles. The van der Waals surface area contributed by atoms with Gasteiger partial charge in [0.05, 0.1) is 0 Å². The van der Waals surface area contributed by atoms with Crippen LogP contribution in [0.5, 0.6) is 0 Å². The number of nitrogens with one attached hydrogen (secondary N) is 1. The maximum Gasteiger partial charge on any atom is 0.321 e. The first kappa shape index (κ1) is 11.2. The SMILES string of the molecule is CCC(C)(C)C(=O)[B]C(=O)NC. The summed E-state index contributed by atoms with van der Waals surface area (Å²) in [6.07, 6.45) is 0.735. The molecule has 1 radical (unpaired) electrons. The van der Waals surface area contributed by atoms with Gasteiger partial charge in [-0.05, 0) is 6.42 Å². The van der Waals surface area contributed by atoms with E-state index in [2.05, 4.69) is 5.32 Å². The predicted molar refractivity (Wildman–Crippen MR) is 49.3 cm³/mol. The highest BCUT2D eigenvalue weighted by Crippen LogP contribution is 2.19. The Balaban J connectivity index is 4.13. The van der Waals surface area contributed by atoms with Gasteiger partial charge in [-0.25, -0.2) is 0 Å². The van der Waals surface area contributed by atoms with Crippen LogP contribution in [-0.2, 0) is 4.79 Å². The number of hydrogen-bond donors (Lipinski definition) is 1. The molecule has 4 heteroatoms. The molecule has 0 atom stereocenters. The zero-order valence-electron chi connectivity index (χ0n) is 8.10. The molecule has 0 fully saturated rings. The van der Waals surface area contributed by atoms with Crippen LogP contribution >= 0.6 is 0 Å². The van der Waals surface area contributed by atoms with Gasteiger partial charge in [-0.2, -0.15) is 0 Å². The molecule has 1 N–H and O–H groups in total. The number of rotatable bonds is 4. The second-order valence-electron chi connectivity index (χ2n) is 3.36. The van der Waals surface area contributed by atoms with Gasteiger partial charge in [-0.3, -0.25) is 4.79 Å². The molecular weight excluding hydrogens is 153 g/mol. The number of hydrogen-bond acceptors (Lipinski definition) is 2. The fourth-order valence-corrected chi connectivity index (χ4v) is 0.561. The minimum absolute atomic E-state index is 0.121. The molecule has 0 rings (SSSR count). The Morgan fingerprint density at radius 3 is 2.25 bits per heavy atom.